The fraction of sp³-hybridized carbons (Fsp3) is 0.550. The number of para-hydroxylation sites is 1. The molecule has 2 aliphatic heterocycles. The maximum atomic E-state index is 13.1. The average Bonchev–Trinajstić information content (AvgIpc) is 3.25. The standard InChI is InChI=1S/C20H26N2O3/c1-20(2,18(24)13-23)9-11-22-10-5-8-17(22)19(25)15-12-21-16-7-4-3-6-14(15)16/h3-4,6-7,13,15,17,21H,5,8-12H2,1-2H3. The van der Waals surface area contributed by atoms with Crippen LogP contribution in [0.5, 0.6) is 0 Å². The molecule has 25 heavy (non-hydrogen) atoms. The number of nitrogens with zero attached hydrogens (tertiary/aromatic N) is 1. The van der Waals surface area contributed by atoms with E-state index in [4.69, 9.17) is 0 Å². The minimum Gasteiger partial charge on any atom is -0.384 e. The van der Waals surface area contributed by atoms with Crippen molar-refractivity contribution in [2.75, 3.05) is 25.0 Å². The van der Waals surface area contributed by atoms with E-state index in [0.29, 0.717) is 25.8 Å². The molecular formula is C20H26N2O3. The van der Waals surface area contributed by atoms with E-state index >= 15 is 0 Å². The van der Waals surface area contributed by atoms with E-state index in [1.807, 2.05) is 24.3 Å². The van der Waals surface area contributed by atoms with Crippen molar-refractivity contribution >= 4 is 23.5 Å². The van der Waals surface area contributed by atoms with E-state index in [9.17, 15) is 14.4 Å². The van der Waals surface area contributed by atoms with Crippen LogP contribution in [0.4, 0.5) is 5.69 Å². The van der Waals surface area contributed by atoms with Gasteiger partial charge in [0.15, 0.2) is 12.1 Å². The molecular weight excluding hydrogens is 316 g/mol. The minimum atomic E-state index is -0.667. The number of Topliss-reactive ketones (excluding diaryl/α,β-unsaturated/α-hetero) is 2. The molecule has 134 valence electrons. The quantitative estimate of drug-likeness (QED) is 0.609. The lowest BCUT2D eigenvalue weighted by atomic mass is 9.84. The molecule has 0 bridgehead atoms. The molecule has 5 nitrogen and oxygen atoms in total. The summed E-state index contributed by atoms with van der Waals surface area (Å²) < 4.78 is 0. The Morgan fingerprint density at radius 1 is 1.32 bits per heavy atom. The first-order valence-electron chi connectivity index (χ1n) is 9.04. The molecule has 2 heterocycles. The summed E-state index contributed by atoms with van der Waals surface area (Å²) in [5.41, 5.74) is 1.48. The summed E-state index contributed by atoms with van der Waals surface area (Å²) in [5, 5.41) is 3.33. The van der Waals surface area contributed by atoms with Crippen molar-refractivity contribution in [3.8, 4) is 0 Å². The van der Waals surface area contributed by atoms with Crippen LogP contribution in [0.25, 0.3) is 0 Å². The summed E-state index contributed by atoms with van der Waals surface area (Å²) in [6, 6.07) is 7.92. The third-order valence-corrected chi connectivity index (χ3v) is 5.67. The Morgan fingerprint density at radius 2 is 2.08 bits per heavy atom. The first-order valence-corrected chi connectivity index (χ1v) is 9.04. The highest BCUT2D eigenvalue weighted by Gasteiger charge is 2.38. The summed E-state index contributed by atoms with van der Waals surface area (Å²) in [7, 11) is 0. The number of hydrogen-bond donors (Lipinski definition) is 1. The molecule has 0 saturated carbocycles. The van der Waals surface area contributed by atoms with Crippen LogP contribution in [0.15, 0.2) is 24.3 Å². The lowest BCUT2D eigenvalue weighted by Gasteiger charge is -2.29. The van der Waals surface area contributed by atoms with Crippen molar-refractivity contribution in [3.05, 3.63) is 29.8 Å². The largest absolute Gasteiger partial charge is 0.384 e. The second-order valence-corrected chi connectivity index (χ2v) is 7.73. The van der Waals surface area contributed by atoms with E-state index in [1.54, 1.807) is 13.8 Å². The molecule has 0 aromatic heterocycles. The van der Waals surface area contributed by atoms with E-state index in [-0.39, 0.29) is 23.5 Å². The molecule has 1 saturated heterocycles. The zero-order chi connectivity index (χ0) is 18.0. The maximum Gasteiger partial charge on any atom is 0.200 e. The monoisotopic (exact) mass is 342 g/mol. The number of carbonyl (C=O) groups excluding carboxylic acids is 3. The normalized spacial score (nSPS) is 23.1. The Labute approximate surface area is 148 Å². The third kappa shape index (κ3) is 3.52. The molecule has 1 aromatic carbocycles. The van der Waals surface area contributed by atoms with Crippen LogP contribution in [0.2, 0.25) is 0 Å². The predicted octanol–water partition coefficient (Wildman–Crippen LogP) is 2.41. The van der Waals surface area contributed by atoms with Crippen LogP contribution in [-0.4, -0.2) is 48.4 Å². The molecule has 0 radical (unpaired) electrons. The maximum absolute atomic E-state index is 13.1. The SMILES string of the molecule is CC(C)(CCN1CCCC1C(=O)C1CNc2ccccc21)C(=O)C=O. The van der Waals surface area contributed by atoms with E-state index in [1.165, 1.54) is 0 Å². The Morgan fingerprint density at radius 3 is 2.84 bits per heavy atom. The first kappa shape index (κ1) is 17.8. The number of hydrogen-bond acceptors (Lipinski definition) is 5. The topological polar surface area (TPSA) is 66.5 Å². The molecule has 1 fully saturated rings. The van der Waals surface area contributed by atoms with Gasteiger partial charge in [-0.15, -0.1) is 0 Å². The second-order valence-electron chi connectivity index (χ2n) is 7.73. The highest BCUT2D eigenvalue weighted by Crippen LogP contribution is 2.35. The van der Waals surface area contributed by atoms with Crippen molar-refractivity contribution in [3.63, 3.8) is 0 Å². The molecule has 1 aromatic rings. The number of anilines is 1. The number of fused-ring (bicyclic) bond motifs is 1. The first-order chi connectivity index (χ1) is 11.9. The average molecular weight is 342 g/mol. The van der Waals surface area contributed by atoms with Crippen LogP contribution in [0.3, 0.4) is 0 Å². The molecule has 5 heteroatoms. The number of nitrogens with one attached hydrogen (secondary N) is 1. The zero-order valence-corrected chi connectivity index (χ0v) is 15.0. The van der Waals surface area contributed by atoms with Crippen molar-refractivity contribution in [1.82, 2.24) is 4.90 Å². The van der Waals surface area contributed by atoms with E-state index in [2.05, 4.69) is 10.2 Å². The molecule has 0 aliphatic carbocycles. The van der Waals surface area contributed by atoms with Crippen LogP contribution in [0.1, 0.15) is 44.6 Å². The van der Waals surface area contributed by atoms with Gasteiger partial charge in [0.25, 0.3) is 0 Å². The van der Waals surface area contributed by atoms with Gasteiger partial charge in [0.05, 0.1) is 12.0 Å². The van der Waals surface area contributed by atoms with Crippen molar-refractivity contribution in [2.24, 2.45) is 5.41 Å². The smallest absolute Gasteiger partial charge is 0.200 e. The number of likely N-dealkylation sites (tertiary alicyclic amines) is 1. The summed E-state index contributed by atoms with van der Waals surface area (Å²) in [4.78, 5) is 37.9. The number of rotatable bonds is 7. The van der Waals surface area contributed by atoms with Gasteiger partial charge in [-0.1, -0.05) is 32.0 Å². The third-order valence-electron chi connectivity index (χ3n) is 5.67. The molecule has 0 amide bonds. The summed E-state index contributed by atoms with van der Waals surface area (Å²) >= 11 is 0. The lowest BCUT2D eigenvalue weighted by Crippen LogP contribution is -2.41. The number of benzene rings is 1. The van der Waals surface area contributed by atoms with Crippen molar-refractivity contribution < 1.29 is 14.4 Å². The predicted molar refractivity (Wildman–Crippen MR) is 96.7 cm³/mol. The fourth-order valence-corrected chi connectivity index (χ4v) is 3.89. The van der Waals surface area contributed by atoms with Crippen LogP contribution < -0.4 is 5.32 Å². The zero-order valence-electron chi connectivity index (χ0n) is 15.0. The van der Waals surface area contributed by atoms with Gasteiger partial charge in [-0.3, -0.25) is 19.3 Å². The second kappa shape index (κ2) is 7.08. The van der Waals surface area contributed by atoms with Crippen LogP contribution in [-0.2, 0) is 14.4 Å². The van der Waals surface area contributed by atoms with Crippen LogP contribution in [0, 0.1) is 5.41 Å². The Bertz CT molecular complexity index is 683. The molecule has 3 rings (SSSR count). The van der Waals surface area contributed by atoms with Gasteiger partial charge in [0.2, 0.25) is 5.78 Å². The van der Waals surface area contributed by atoms with Gasteiger partial charge in [-0.25, -0.2) is 0 Å². The van der Waals surface area contributed by atoms with Gasteiger partial charge >= 0.3 is 0 Å². The van der Waals surface area contributed by atoms with Crippen molar-refractivity contribution in [2.45, 2.75) is 45.1 Å². The van der Waals surface area contributed by atoms with Gasteiger partial charge in [0.1, 0.15) is 0 Å². The number of carbonyl (C=O) groups is 3. The summed E-state index contributed by atoms with van der Waals surface area (Å²) in [6.07, 6.45) is 2.88. The van der Waals surface area contributed by atoms with Crippen LogP contribution >= 0.6 is 0 Å². The van der Waals surface area contributed by atoms with E-state index in [0.717, 1.165) is 30.6 Å². The molecule has 1 N–H and O–H groups in total. The van der Waals surface area contributed by atoms with Crippen molar-refractivity contribution in [1.29, 1.82) is 0 Å². The minimum absolute atomic E-state index is 0.0833. The Balaban J connectivity index is 1.67. The molecule has 2 aliphatic rings. The van der Waals surface area contributed by atoms with Gasteiger partial charge in [0, 0.05) is 17.6 Å². The lowest BCUT2D eigenvalue weighted by molar-refractivity contribution is -0.136. The molecule has 2 unspecified atom stereocenters. The van der Waals surface area contributed by atoms with E-state index < -0.39 is 5.41 Å². The molecule has 2 atom stereocenters. The number of ketones is 2. The number of aldehydes is 1. The highest BCUT2D eigenvalue weighted by atomic mass is 16.2. The highest BCUT2D eigenvalue weighted by molar-refractivity contribution is 6.27. The van der Waals surface area contributed by atoms with Gasteiger partial charge in [-0.2, -0.15) is 0 Å². The Kier molecular flexibility index (Phi) is 5.04. The summed E-state index contributed by atoms with van der Waals surface area (Å²) in [5.74, 6) is -0.190. The van der Waals surface area contributed by atoms with Gasteiger partial charge < -0.3 is 5.32 Å². The molecule has 0 spiro atoms. The summed E-state index contributed by atoms with van der Waals surface area (Å²) in [6.45, 7) is 5.81. The Hall–Kier alpha value is -2.01. The van der Waals surface area contributed by atoms with Gasteiger partial charge in [-0.05, 0) is 44.0 Å². The fourth-order valence-electron chi connectivity index (χ4n) is 3.89.